The molecule has 9 heavy (non-hydrogen) atoms. The van der Waals surface area contributed by atoms with Gasteiger partial charge in [-0.1, -0.05) is 11.6 Å². The third-order valence-electron chi connectivity index (χ3n) is 2.36. The lowest BCUT2D eigenvalue weighted by molar-refractivity contribution is -0.120. The van der Waals surface area contributed by atoms with Gasteiger partial charge in [-0.05, 0) is 19.3 Å². The van der Waals surface area contributed by atoms with E-state index in [0.29, 0.717) is 11.7 Å². The first kappa shape index (κ1) is 5.21. The lowest BCUT2D eigenvalue weighted by atomic mass is 10.0. The number of hydrogen-bond acceptors (Lipinski definition) is 1. The molecule has 1 nitrogen and oxygen atoms in total. The maximum Gasteiger partial charge on any atom is 0.143 e. The van der Waals surface area contributed by atoms with Crippen molar-refractivity contribution in [2.75, 3.05) is 0 Å². The Balaban J connectivity index is 2.28. The maximum atomic E-state index is 11.0. The van der Waals surface area contributed by atoms with Crippen LogP contribution in [0.2, 0.25) is 0 Å². The molecule has 48 valence electrons. The van der Waals surface area contributed by atoms with E-state index in [-0.39, 0.29) is 0 Å². The summed E-state index contributed by atoms with van der Waals surface area (Å²) in [6.45, 7) is 0. The lowest BCUT2D eigenvalue weighted by Gasteiger charge is -1.98. The molecule has 0 saturated heterocycles. The first-order valence-electron chi connectivity index (χ1n) is 3.59. The summed E-state index contributed by atoms with van der Waals surface area (Å²) in [6.07, 6.45) is 6.41. The van der Waals surface area contributed by atoms with Crippen LogP contribution in [0.3, 0.4) is 0 Å². The molecule has 0 aliphatic heterocycles. The second kappa shape index (κ2) is 1.69. The predicted molar refractivity (Wildman–Crippen MR) is 35.0 cm³/mol. The molecule has 1 saturated carbocycles. The molecule has 1 unspecified atom stereocenters. The topological polar surface area (TPSA) is 17.1 Å². The van der Waals surface area contributed by atoms with Crippen LogP contribution in [0.1, 0.15) is 25.7 Å². The molecule has 0 aromatic carbocycles. The van der Waals surface area contributed by atoms with Gasteiger partial charge >= 0.3 is 0 Å². The smallest absolute Gasteiger partial charge is 0.143 e. The number of Topliss-reactive ketones (excluding diaryl/α,β-unsaturated/α-hetero) is 1. The van der Waals surface area contributed by atoms with Crippen molar-refractivity contribution in [1.29, 1.82) is 0 Å². The van der Waals surface area contributed by atoms with Crippen LogP contribution in [0.25, 0.3) is 0 Å². The van der Waals surface area contributed by atoms with Crippen LogP contribution in [0.5, 0.6) is 0 Å². The second-order valence-electron chi connectivity index (χ2n) is 2.89. The highest BCUT2D eigenvalue weighted by atomic mass is 16.1. The van der Waals surface area contributed by atoms with Crippen LogP contribution in [-0.2, 0) is 4.79 Å². The van der Waals surface area contributed by atoms with Gasteiger partial charge in [-0.15, -0.1) is 0 Å². The van der Waals surface area contributed by atoms with Gasteiger partial charge in [0.05, 0.1) is 0 Å². The minimum atomic E-state index is 0.366. The number of carbonyl (C=O) groups is 1. The summed E-state index contributed by atoms with van der Waals surface area (Å²) in [5.74, 6) is 0.826. The lowest BCUT2D eigenvalue weighted by Crippen LogP contribution is -2.04. The average Bonchev–Trinajstić information content (AvgIpc) is 2.35. The van der Waals surface area contributed by atoms with E-state index in [4.69, 9.17) is 0 Å². The standard InChI is InChI=1S/C8H10O/c9-8-5-4-6-2-1-3-7(6)8/h4,7H,1-3,5H2. The molecule has 0 aromatic rings. The molecular weight excluding hydrogens is 112 g/mol. The van der Waals surface area contributed by atoms with Gasteiger partial charge in [0.15, 0.2) is 0 Å². The summed E-state index contributed by atoms with van der Waals surface area (Å²) in [7, 11) is 0. The van der Waals surface area contributed by atoms with Gasteiger partial charge in [0, 0.05) is 12.3 Å². The van der Waals surface area contributed by atoms with Crippen molar-refractivity contribution in [3.63, 3.8) is 0 Å². The fourth-order valence-electron chi connectivity index (χ4n) is 1.86. The Hall–Kier alpha value is -0.590. The molecule has 0 bridgehead atoms. The van der Waals surface area contributed by atoms with E-state index >= 15 is 0 Å². The quantitative estimate of drug-likeness (QED) is 0.447. The monoisotopic (exact) mass is 122 g/mol. The fraction of sp³-hybridized carbons (Fsp3) is 0.625. The Morgan fingerprint density at radius 3 is 3.22 bits per heavy atom. The van der Waals surface area contributed by atoms with Crippen molar-refractivity contribution in [2.24, 2.45) is 5.92 Å². The Morgan fingerprint density at radius 1 is 1.56 bits per heavy atom. The molecule has 1 atom stereocenters. The summed E-state index contributed by atoms with van der Waals surface area (Å²) in [6, 6.07) is 0. The molecule has 1 heteroatoms. The number of rotatable bonds is 0. The zero-order valence-corrected chi connectivity index (χ0v) is 5.39. The zero-order valence-electron chi connectivity index (χ0n) is 5.39. The number of ketones is 1. The highest BCUT2D eigenvalue weighted by Gasteiger charge is 2.30. The van der Waals surface area contributed by atoms with E-state index < -0.39 is 0 Å². The first-order chi connectivity index (χ1) is 4.38. The maximum absolute atomic E-state index is 11.0. The van der Waals surface area contributed by atoms with E-state index in [1.807, 2.05) is 0 Å². The van der Waals surface area contributed by atoms with Crippen molar-refractivity contribution < 1.29 is 4.79 Å². The van der Waals surface area contributed by atoms with Crippen LogP contribution in [-0.4, -0.2) is 5.78 Å². The minimum absolute atomic E-state index is 0.366. The van der Waals surface area contributed by atoms with Crippen LogP contribution < -0.4 is 0 Å². The summed E-state index contributed by atoms with van der Waals surface area (Å²) >= 11 is 0. The molecule has 0 spiro atoms. The van der Waals surface area contributed by atoms with Crippen LogP contribution in [0, 0.1) is 5.92 Å². The zero-order chi connectivity index (χ0) is 6.27. The van der Waals surface area contributed by atoms with Gasteiger partial charge < -0.3 is 0 Å². The summed E-state index contributed by atoms with van der Waals surface area (Å²) in [5.41, 5.74) is 1.43. The van der Waals surface area contributed by atoms with E-state index in [2.05, 4.69) is 6.08 Å². The highest BCUT2D eigenvalue weighted by Crippen LogP contribution is 2.36. The van der Waals surface area contributed by atoms with Gasteiger partial charge in [0.1, 0.15) is 5.78 Å². The molecule has 2 aliphatic rings. The number of allylic oxidation sites excluding steroid dienone is 2. The van der Waals surface area contributed by atoms with Gasteiger partial charge in [-0.25, -0.2) is 0 Å². The Morgan fingerprint density at radius 2 is 2.44 bits per heavy atom. The largest absolute Gasteiger partial charge is 0.299 e. The van der Waals surface area contributed by atoms with E-state index in [9.17, 15) is 4.79 Å². The summed E-state index contributed by atoms with van der Waals surface area (Å²) in [4.78, 5) is 11.0. The molecule has 0 radical (unpaired) electrons. The molecule has 0 heterocycles. The summed E-state index contributed by atoms with van der Waals surface area (Å²) < 4.78 is 0. The average molecular weight is 122 g/mol. The van der Waals surface area contributed by atoms with Gasteiger partial charge in [0.2, 0.25) is 0 Å². The van der Waals surface area contributed by atoms with Crippen LogP contribution >= 0.6 is 0 Å². The van der Waals surface area contributed by atoms with Crippen molar-refractivity contribution in [3.8, 4) is 0 Å². The third-order valence-corrected chi connectivity index (χ3v) is 2.36. The van der Waals surface area contributed by atoms with Crippen molar-refractivity contribution in [1.82, 2.24) is 0 Å². The van der Waals surface area contributed by atoms with Crippen molar-refractivity contribution in [2.45, 2.75) is 25.7 Å². The minimum Gasteiger partial charge on any atom is -0.299 e. The van der Waals surface area contributed by atoms with Gasteiger partial charge in [-0.2, -0.15) is 0 Å². The molecule has 1 fully saturated rings. The second-order valence-corrected chi connectivity index (χ2v) is 2.89. The van der Waals surface area contributed by atoms with E-state index in [1.54, 1.807) is 0 Å². The number of carbonyl (C=O) groups excluding carboxylic acids is 1. The van der Waals surface area contributed by atoms with Crippen molar-refractivity contribution in [3.05, 3.63) is 11.6 Å². The molecule has 2 aliphatic carbocycles. The van der Waals surface area contributed by atoms with E-state index in [0.717, 1.165) is 12.8 Å². The number of hydrogen-bond donors (Lipinski definition) is 0. The first-order valence-corrected chi connectivity index (χ1v) is 3.59. The van der Waals surface area contributed by atoms with Crippen LogP contribution in [0.4, 0.5) is 0 Å². The normalized spacial score (nSPS) is 32.7. The molecule has 0 N–H and O–H groups in total. The highest BCUT2D eigenvalue weighted by molar-refractivity contribution is 5.88. The molecular formula is C8H10O. The number of fused-ring (bicyclic) bond motifs is 1. The molecule has 0 amide bonds. The van der Waals surface area contributed by atoms with E-state index in [1.165, 1.54) is 18.4 Å². The van der Waals surface area contributed by atoms with Gasteiger partial charge in [-0.3, -0.25) is 4.79 Å². The molecule has 0 aromatic heterocycles. The Bertz CT molecular complexity index is 179. The predicted octanol–water partition coefficient (Wildman–Crippen LogP) is 1.69. The Kier molecular flexibility index (Phi) is 0.981. The Labute approximate surface area is 54.8 Å². The molecule has 2 rings (SSSR count). The van der Waals surface area contributed by atoms with Crippen LogP contribution in [0.15, 0.2) is 11.6 Å². The van der Waals surface area contributed by atoms with Gasteiger partial charge in [0.25, 0.3) is 0 Å². The van der Waals surface area contributed by atoms with Crippen molar-refractivity contribution >= 4 is 5.78 Å². The third kappa shape index (κ3) is 0.640. The fourth-order valence-corrected chi connectivity index (χ4v) is 1.86. The SMILES string of the molecule is O=C1CC=C2CCCC12. The summed E-state index contributed by atoms with van der Waals surface area (Å²) in [5, 5.41) is 0.